The SMILES string of the molecule is Cc1ccc(CNC(=O)c2ccc3cc(Br)ccc3c2)s1. The van der Waals surface area contributed by atoms with Crippen molar-refractivity contribution in [2.75, 3.05) is 0 Å². The van der Waals surface area contributed by atoms with E-state index in [0.29, 0.717) is 12.1 Å². The highest BCUT2D eigenvalue weighted by atomic mass is 79.9. The Morgan fingerprint density at radius 1 is 1.10 bits per heavy atom. The molecule has 4 heteroatoms. The fourth-order valence-corrected chi connectivity index (χ4v) is 3.42. The highest BCUT2D eigenvalue weighted by Crippen LogP contribution is 2.21. The largest absolute Gasteiger partial charge is 0.347 e. The molecule has 0 bridgehead atoms. The zero-order valence-corrected chi connectivity index (χ0v) is 13.9. The molecule has 3 rings (SSSR count). The first kappa shape index (κ1) is 14.3. The molecule has 2 nitrogen and oxygen atoms in total. The normalized spacial score (nSPS) is 10.8. The molecule has 0 aliphatic carbocycles. The summed E-state index contributed by atoms with van der Waals surface area (Å²) in [6.07, 6.45) is 0. The van der Waals surface area contributed by atoms with Gasteiger partial charge in [-0.15, -0.1) is 11.3 Å². The number of hydrogen-bond donors (Lipinski definition) is 1. The lowest BCUT2D eigenvalue weighted by Crippen LogP contribution is -2.22. The van der Waals surface area contributed by atoms with E-state index in [1.807, 2.05) is 36.4 Å². The van der Waals surface area contributed by atoms with Gasteiger partial charge in [-0.05, 0) is 54.1 Å². The van der Waals surface area contributed by atoms with Crippen molar-refractivity contribution in [3.05, 3.63) is 68.3 Å². The van der Waals surface area contributed by atoms with Crippen molar-refractivity contribution in [3.8, 4) is 0 Å². The van der Waals surface area contributed by atoms with Gasteiger partial charge in [0.15, 0.2) is 0 Å². The summed E-state index contributed by atoms with van der Waals surface area (Å²) >= 11 is 5.16. The predicted octanol–water partition coefficient (Wildman–Crippen LogP) is 4.90. The third-order valence-corrected chi connectivity index (χ3v) is 4.78. The van der Waals surface area contributed by atoms with Crippen molar-refractivity contribution in [3.63, 3.8) is 0 Å². The van der Waals surface area contributed by atoms with Crippen LogP contribution in [-0.2, 0) is 6.54 Å². The molecule has 1 amide bonds. The van der Waals surface area contributed by atoms with Crippen LogP contribution in [0.4, 0.5) is 0 Å². The summed E-state index contributed by atoms with van der Waals surface area (Å²) < 4.78 is 1.04. The molecule has 0 aliphatic heterocycles. The van der Waals surface area contributed by atoms with Gasteiger partial charge < -0.3 is 5.32 Å². The molecule has 0 unspecified atom stereocenters. The van der Waals surface area contributed by atoms with Crippen LogP contribution in [0.15, 0.2) is 53.0 Å². The maximum absolute atomic E-state index is 12.2. The smallest absolute Gasteiger partial charge is 0.251 e. The number of halogens is 1. The number of aryl methyl sites for hydroxylation is 1. The van der Waals surface area contributed by atoms with Crippen molar-refractivity contribution in [1.82, 2.24) is 5.32 Å². The molecule has 0 atom stereocenters. The molecule has 0 fully saturated rings. The van der Waals surface area contributed by atoms with Crippen molar-refractivity contribution < 1.29 is 4.79 Å². The molecule has 106 valence electrons. The average molecular weight is 360 g/mol. The van der Waals surface area contributed by atoms with Crippen LogP contribution in [0.3, 0.4) is 0 Å². The zero-order valence-electron chi connectivity index (χ0n) is 11.5. The Bertz CT molecular complexity index is 809. The van der Waals surface area contributed by atoms with E-state index in [9.17, 15) is 4.79 Å². The average Bonchev–Trinajstić information content (AvgIpc) is 2.90. The third-order valence-electron chi connectivity index (χ3n) is 3.28. The van der Waals surface area contributed by atoms with E-state index in [1.54, 1.807) is 11.3 Å². The Kier molecular flexibility index (Phi) is 4.08. The van der Waals surface area contributed by atoms with Crippen molar-refractivity contribution >= 4 is 43.9 Å². The number of carbonyl (C=O) groups is 1. The summed E-state index contributed by atoms with van der Waals surface area (Å²) in [5.74, 6) is -0.0362. The quantitative estimate of drug-likeness (QED) is 0.707. The summed E-state index contributed by atoms with van der Waals surface area (Å²) in [5, 5.41) is 5.15. The Labute approximate surface area is 135 Å². The molecule has 2 aromatic carbocycles. The molecule has 0 spiro atoms. The van der Waals surface area contributed by atoms with Crippen LogP contribution in [-0.4, -0.2) is 5.91 Å². The second kappa shape index (κ2) is 6.00. The lowest BCUT2D eigenvalue weighted by atomic mass is 10.1. The van der Waals surface area contributed by atoms with Crippen LogP contribution in [0.1, 0.15) is 20.1 Å². The van der Waals surface area contributed by atoms with Crippen LogP contribution >= 0.6 is 27.3 Å². The van der Waals surface area contributed by atoms with Crippen LogP contribution in [0.25, 0.3) is 10.8 Å². The van der Waals surface area contributed by atoms with Crippen molar-refractivity contribution in [2.45, 2.75) is 13.5 Å². The highest BCUT2D eigenvalue weighted by Gasteiger charge is 2.07. The van der Waals surface area contributed by atoms with Crippen LogP contribution < -0.4 is 5.32 Å². The van der Waals surface area contributed by atoms with Crippen molar-refractivity contribution in [1.29, 1.82) is 0 Å². The minimum absolute atomic E-state index is 0.0362. The number of thiophene rings is 1. The minimum Gasteiger partial charge on any atom is -0.347 e. The van der Waals surface area contributed by atoms with Gasteiger partial charge in [-0.25, -0.2) is 0 Å². The number of benzene rings is 2. The van der Waals surface area contributed by atoms with E-state index < -0.39 is 0 Å². The second-order valence-electron chi connectivity index (χ2n) is 4.90. The van der Waals surface area contributed by atoms with Gasteiger partial charge in [0.1, 0.15) is 0 Å². The lowest BCUT2D eigenvalue weighted by molar-refractivity contribution is 0.0951. The summed E-state index contributed by atoms with van der Waals surface area (Å²) in [4.78, 5) is 14.7. The minimum atomic E-state index is -0.0362. The molecule has 3 aromatic rings. The Hall–Kier alpha value is -1.65. The van der Waals surface area contributed by atoms with Crippen molar-refractivity contribution in [2.24, 2.45) is 0 Å². The van der Waals surface area contributed by atoms with E-state index in [2.05, 4.69) is 40.3 Å². The molecule has 1 aromatic heterocycles. The molecule has 0 radical (unpaired) electrons. The number of nitrogens with one attached hydrogen (secondary N) is 1. The number of hydrogen-bond acceptors (Lipinski definition) is 2. The first-order valence-corrected chi connectivity index (χ1v) is 8.25. The van der Waals surface area contributed by atoms with Crippen LogP contribution in [0.5, 0.6) is 0 Å². The van der Waals surface area contributed by atoms with Gasteiger partial charge in [0.25, 0.3) is 5.91 Å². The van der Waals surface area contributed by atoms with Gasteiger partial charge in [0, 0.05) is 19.8 Å². The van der Waals surface area contributed by atoms with E-state index in [-0.39, 0.29) is 5.91 Å². The summed E-state index contributed by atoms with van der Waals surface area (Å²) in [6, 6.07) is 15.9. The standard InChI is InChI=1S/C17H14BrNOS/c1-11-2-7-16(21-11)10-19-17(20)14-4-3-13-9-15(18)6-5-12(13)8-14/h2-9H,10H2,1H3,(H,19,20). The van der Waals surface area contributed by atoms with Gasteiger partial charge in [0.2, 0.25) is 0 Å². The molecule has 21 heavy (non-hydrogen) atoms. The monoisotopic (exact) mass is 359 g/mol. The summed E-state index contributed by atoms with van der Waals surface area (Å²) in [5.41, 5.74) is 0.693. The Balaban J connectivity index is 1.76. The van der Waals surface area contributed by atoms with E-state index in [0.717, 1.165) is 15.2 Å². The number of amides is 1. The molecular weight excluding hydrogens is 346 g/mol. The maximum Gasteiger partial charge on any atom is 0.251 e. The number of fused-ring (bicyclic) bond motifs is 1. The fraction of sp³-hybridized carbons (Fsp3) is 0.118. The van der Waals surface area contributed by atoms with Gasteiger partial charge in [-0.1, -0.05) is 28.1 Å². The number of rotatable bonds is 3. The Morgan fingerprint density at radius 2 is 1.86 bits per heavy atom. The fourth-order valence-electron chi connectivity index (χ4n) is 2.21. The first-order valence-electron chi connectivity index (χ1n) is 6.65. The van der Waals surface area contributed by atoms with Gasteiger partial charge in [-0.2, -0.15) is 0 Å². The zero-order chi connectivity index (χ0) is 14.8. The van der Waals surface area contributed by atoms with Crippen LogP contribution in [0.2, 0.25) is 0 Å². The van der Waals surface area contributed by atoms with Gasteiger partial charge in [0.05, 0.1) is 6.54 Å². The second-order valence-corrected chi connectivity index (χ2v) is 7.19. The maximum atomic E-state index is 12.2. The topological polar surface area (TPSA) is 29.1 Å². The molecule has 1 heterocycles. The highest BCUT2D eigenvalue weighted by molar-refractivity contribution is 9.10. The lowest BCUT2D eigenvalue weighted by Gasteiger charge is -2.05. The van der Waals surface area contributed by atoms with E-state index in [1.165, 1.54) is 9.75 Å². The van der Waals surface area contributed by atoms with Gasteiger partial charge >= 0.3 is 0 Å². The third kappa shape index (κ3) is 3.34. The first-order chi connectivity index (χ1) is 10.1. The summed E-state index contributed by atoms with van der Waals surface area (Å²) in [7, 11) is 0. The van der Waals surface area contributed by atoms with Crippen LogP contribution in [0, 0.1) is 6.92 Å². The molecule has 0 saturated carbocycles. The molecular formula is C17H14BrNOS. The Morgan fingerprint density at radius 3 is 2.62 bits per heavy atom. The summed E-state index contributed by atoms with van der Waals surface area (Å²) in [6.45, 7) is 2.65. The molecule has 0 saturated heterocycles. The predicted molar refractivity (Wildman–Crippen MR) is 91.9 cm³/mol. The number of carbonyl (C=O) groups excluding carboxylic acids is 1. The van der Waals surface area contributed by atoms with Gasteiger partial charge in [-0.3, -0.25) is 4.79 Å². The molecule has 1 N–H and O–H groups in total. The molecule has 0 aliphatic rings. The van der Waals surface area contributed by atoms with E-state index >= 15 is 0 Å². The van der Waals surface area contributed by atoms with E-state index in [4.69, 9.17) is 0 Å².